The largest absolute Gasteiger partial charge is 0.478 e. The Morgan fingerprint density at radius 3 is 1.78 bits per heavy atom. The van der Waals surface area contributed by atoms with Crippen LogP contribution in [-0.2, 0) is 42.0 Å². The average Bonchev–Trinajstić information content (AvgIpc) is 3.41. The lowest BCUT2D eigenvalue weighted by atomic mass is 9.98. The average molecular weight is 680 g/mol. The number of nitrogens with one attached hydrogen (secondary N) is 1. The van der Waals surface area contributed by atoms with E-state index in [1.54, 1.807) is 23.5 Å². The van der Waals surface area contributed by atoms with Crippen LogP contribution >= 0.6 is 11.3 Å². The van der Waals surface area contributed by atoms with E-state index >= 15 is 0 Å². The SMILES string of the molecule is CCCNC1CCc2nc(N)sc2C1.CCS(=O)(=O)O.O=C(O[C@H](C(=O)O)[C@H](OC(=O)c1ccccc1)C(=O)O)c1ccccc1. The maximum absolute atomic E-state index is 12.0. The molecule has 14 nitrogen and oxygen atoms in total. The van der Waals surface area contributed by atoms with Gasteiger partial charge in [0.25, 0.3) is 10.1 Å². The van der Waals surface area contributed by atoms with Crippen LogP contribution in [0.15, 0.2) is 60.7 Å². The number of carbonyl (C=O) groups is 4. The van der Waals surface area contributed by atoms with Crippen LogP contribution in [0.1, 0.15) is 58.0 Å². The zero-order valence-corrected chi connectivity index (χ0v) is 26.8. The fourth-order valence-corrected chi connectivity index (χ4v) is 4.87. The van der Waals surface area contributed by atoms with E-state index in [4.69, 9.17) is 19.8 Å². The van der Waals surface area contributed by atoms with Gasteiger partial charge in [-0.3, -0.25) is 4.55 Å². The second kappa shape index (κ2) is 18.6. The number of esters is 2. The molecule has 1 aromatic heterocycles. The number of rotatable bonds is 11. The molecule has 0 spiro atoms. The Morgan fingerprint density at radius 1 is 0.935 bits per heavy atom. The van der Waals surface area contributed by atoms with Crippen molar-refractivity contribution in [2.45, 2.75) is 57.8 Å². The number of benzene rings is 2. The molecule has 1 heterocycles. The van der Waals surface area contributed by atoms with Gasteiger partial charge in [0.15, 0.2) is 5.13 Å². The van der Waals surface area contributed by atoms with E-state index in [9.17, 15) is 37.8 Å². The lowest BCUT2D eigenvalue weighted by Crippen LogP contribution is -2.45. The highest BCUT2D eigenvalue weighted by Crippen LogP contribution is 2.28. The van der Waals surface area contributed by atoms with Crippen molar-refractivity contribution in [1.29, 1.82) is 0 Å². The summed E-state index contributed by atoms with van der Waals surface area (Å²) in [4.78, 5) is 52.6. The van der Waals surface area contributed by atoms with Crippen molar-refractivity contribution in [3.05, 3.63) is 82.4 Å². The highest BCUT2D eigenvalue weighted by Gasteiger charge is 2.41. The molecule has 4 rings (SSSR count). The van der Waals surface area contributed by atoms with Gasteiger partial charge in [0, 0.05) is 10.9 Å². The summed E-state index contributed by atoms with van der Waals surface area (Å²) in [5, 5.41) is 22.8. The number of hydrogen-bond donors (Lipinski definition) is 5. The standard InChI is InChI=1S/C18H14O8.C10H17N3S.C2H6O3S/c19-15(20)13(25-17(23)11-7-3-1-4-8-11)14(16(21)22)26-18(24)12-9-5-2-6-10-12;1-2-5-12-7-3-4-8-9(6-7)14-10(11)13-8;1-2-6(3,4)5/h1-10,13-14H,(H,19,20)(H,21,22);7,12H,2-6H2,1H3,(H2,11,13);2H2,1H3,(H,3,4,5)/t13-,14-;;/m0../s1. The Hall–Kier alpha value is -4.38. The zero-order valence-electron chi connectivity index (χ0n) is 25.2. The van der Waals surface area contributed by atoms with Gasteiger partial charge in [-0.25, -0.2) is 24.2 Å². The van der Waals surface area contributed by atoms with Crippen LogP contribution in [-0.4, -0.2) is 82.6 Å². The number of anilines is 1. The van der Waals surface area contributed by atoms with Crippen molar-refractivity contribution in [1.82, 2.24) is 10.3 Å². The molecule has 0 fully saturated rings. The van der Waals surface area contributed by atoms with Gasteiger partial charge in [-0.1, -0.05) is 43.3 Å². The number of fused-ring (bicyclic) bond motifs is 1. The fraction of sp³-hybridized carbons (Fsp3) is 0.367. The van der Waals surface area contributed by atoms with Gasteiger partial charge in [-0.2, -0.15) is 8.42 Å². The first-order chi connectivity index (χ1) is 21.7. The number of ether oxygens (including phenoxy) is 2. The highest BCUT2D eigenvalue weighted by atomic mass is 32.2. The Morgan fingerprint density at radius 2 is 1.39 bits per heavy atom. The number of aliphatic carboxylic acids is 2. The van der Waals surface area contributed by atoms with E-state index in [1.165, 1.54) is 78.9 Å². The molecule has 0 radical (unpaired) electrons. The summed E-state index contributed by atoms with van der Waals surface area (Å²) in [5.41, 5.74) is 6.98. The van der Waals surface area contributed by atoms with Crippen molar-refractivity contribution < 1.29 is 51.8 Å². The van der Waals surface area contributed by atoms with Gasteiger partial charge in [-0.05, 0) is 63.4 Å². The third kappa shape index (κ3) is 12.9. The summed E-state index contributed by atoms with van der Waals surface area (Å²) >= 11 is 1.65. The summed E-state index contributed by atoms with van der Waals surface area (Å²) in [5.74, 6) is -5.84. The minimum atomic E-state index is -3.66. The van der Waals surface area contributed by atoms with E-state index in [0.29, 0.717) is 6.04 Å². The summed E-state index contributed by atoms with van der Waals surface area (Å²) in [7, 11) is -3.66. The molecular formula is C30H37N3O11S2. The quantitative estimate of drug-likeness (QED) is 0.145. The molecule has 250 valence electrons. The van der Waals surface area contributed by atoms with E-state index in [0.717, 1.165) is 24.5 Å². The number of carbonyl (C=O) groups excluding carboxylic acids is 2. The van der Waals surface area contributed by atoms with Crippen molar-refractivity contribution in [3.8, 4) is 0 Å². The number of thiazole rings is 1. The van der Waals surface area contributed by atoms with Gasteiger partial charge < -0.3 is 30.7 Å². The molecule has 46 heavy (non-hydrogen) atoms. The van der Waals surface area contributed by atoms with Crippen molar-refractivity contribution >= 4 is 50.5 Å². The number of aryl methyl sites for hydroxylation is 1. The summed E-state index contributed by atoms with van der Waals surface area (Å²) in [6, 6.07) is 15.5. The molecule has 0 amide bonds. The van der Waals surface area contributed by atoms with Gasteiger partial charge in [0.05, 0.1) is 22.6 Å². The van der Waals surface area contributed by atoms with Crippen LogP contribution in [0.25, 0.3) is 0 Å². The Labute approximate surface area is 270 Å². The molecule has 1 aliphatic carbocycles. The molecule has 0 aliphatic heterocycles. The summed E-state index contributed by atoms with van der Waals surface area (Å²) < 4.78 is 36.4. The van der Waals surface area contributed by atoms with Crippen molar-refractivity contribution in [2.24, 2.45) is 0 Å². The first kappa shape index (κ1) is 37.8. The van der Waals surface area contributed by atoms with E-state index in [2.05, 4.69) is 17.2 Å². The normalized spacial score (nSPS) is 14.9. The second-order valence-corrected chi connectivity index (χ2v) is 12.6. The summed E-state index contributed by atoms with van der Waals surface area (Å²) in [6.07, 6.45) is 0.180. The number of nitrogens with two attached hydrogens (primary N) is 1. The zero-order chi connectivity index (χ0) is 34.3. The maximum Gasteiger partial charge on any atom is 0.349 e. The number of aromatic nitrogens is 1. The number of hydrogen-bond acceptors (Lipinski definition) is 12. The van der Waals surface area contributed by atoms with E-state index in [-0.39, 0.29) is 16.9 Å². The van der Waals surface area contributed by atoms with Crippen molar-refractivity contribution in [2.75, 3.05) is 18.0 Å². The Bertz CT molecular complexity index is 1480. The summed E-state index contributed by atoms with van der Waals surface area (Å²) in [6.45, 7) is 4.69. The molecule has 2 aromatic carbocycles. The fourth-order valence-electron chi connectivity index (χ4n) is 3.92. The number of nitrogens with zero attached hydrogens (tertiary/aromatic N) is 1. The van der Waals surface area contributed by atoms with Gasteiger partial charge >= 0.3 is 23.9 Å². The third-order valence-electron chi connectivity index (χ3n) is 6.25. The molecule has 0 bridgehead atoms. The topological polar surface area (TPSA) is 233 Å². The highest BCUT2D eigenvalue weighted by molar-refractivity contribution is 7.85. The number of carboxylic acids is 2. The number of carboxylic acid groups (broad SMARTS) is 2. The van der Waals surface area contributed by atoms with Gasteiger partial charge in [-0.15, -0.1) is 11.3 Å². The molecule has 3 atom stereocenters. The minimum absolute atomic E-state index is 0.0253. The second-order valence-electron chi connectivity index (χ2n) is 9.75. The first-order valence-electron chi connectivity index (χ1n) is 14.2. The molecule has 1 unspecified atom stereocenters. The van der Waals surface area contributed by atoms with Crippen LogP contribution in [0.5, 0.6) is 0 Å². The number of nitrogen functional groups attached to an aromatic ring is 1. The maximum atomic E-state index is 12.0. The lowest BCUT2D eigenvalue weighted by molar-refractivity contribution is -0.166. The molecule has 16 heteroatoms. The molecule has 1 aliphatic rings. The van der Waals surface area contributed by atoms with Crippen LogP contribution in [0.2, 0.25) is 0 Å². The smallest absolute Gasteiger partial charge is 0.349 e. The Kier molecular flexibility index (Phi) is 15.3. The predicted molar refractivity (Wildman–Crippen MR) is 169 cm³/mol. The van der Waals surface area contributed by atoms with Gasteiger partial charge in [0.1, 0.15) is 0 Å². The molecule has 6 N–H and O–H groups in total. The third-order valence-corrected chi connectivity index (χ3v) is 7.93. The Balaban J connectivity index is 0.000000305. The van der Waals surface area contributed by atoms with E-state index < -0.39 is 46.2 Å². The van der Waals surface area contributed by atoms with E-state index in [1.807, 2.05) is 0 Å². The molecule has 0 saturated carbocycles. The monoisotopic (exact) mass is 679 g/mol. The minimum Gasteiger partial charge on any atom is -0.478 e. The molecule has 3 aromatic rings. The molecule has 0 saturated heterocycles. The lowest BCUT2D eigenvalue weighted by Gasteiger charge is -2.21. The molecular weight excluding hydrogens is 642 g/mol. The van der Waals surface area contributed by atoms with Crippen molar-refractivity contribution in [3.63, 3.8) is 0 Å². The predicted octanol–water partition coefficient (Wildman–Crippen LogP) is 3.08. The van der Waals surface area contributed by atoms with Crippen LogP contribution in [0.3, 0.4) is 0 Å². The van der Waals surface area contributed by atoms with Crippen LogP contribution in [0, 0.1) is 0 Å². The first-order valence-corrected chi connectivity index (χ1v) is 16.6. The van der Waals surface area contributed by atoms with Crippen LogP contribution < -0.4 is 11.1 Å². The van der Waals surface area contributed by atoms with Gasteiger partial charge in [0.2, 0.25) is 12.2 Å². The van der Waals surface area contributed by atoms with Crippen LogP contribution in [0.4, 0.5) is 5.13 Å².